The van der Waals surface area contributed by atoms with Crippen molar-refractivity contribution in [2.75, 3.05) is 24.7 Å². The summed E-state index contributed by atoms with van der Waals surface area (Å²) in [5.74, 6) is -0.304. The Morgan fingerprint density at radius 2 is 1.39 bits per heavy atom. The Morgan fingerprint density at radius 1 is 0.848 bits per heavy atom. The van der Waals surface area contributed by atoms with E-state index in [4.69, 9.17) is 8.92 Å². The summed E-state index contributed by atoms with van der Waals surface area (Å²) in [5.41, 5.74) is 1.52. The van der Waals surface area contributed by atoms with E-state index >= 15 is 0 Å². The molecule has 6 nitrogen and oxygen atoms in total. The average Bonchev–Trinajstić information content (AvgIpc) is 2.77. The van der Waals surface area contributed by atoms with E-state index in [0.29, 0.717) is 12.2 Å². The van der Waals surface area contributed by atoms with Crippen molar-refractivity contribution in [3.8, 4) is 0 Å². The Kier molecular flexibility index (Phi) is 15.9. The summed E-state index contributed by atoms with van der Waals surface area (Å²) in [6.07, 6.45) is 15.4. The molecule has 0 aliphatic heterocycles. The van der Waals surface area contributed by atoms with Crippen LogP contribution in [0.5, 0.6) is 0 Å². The highest BCUT2D eigenvalue weighted by molar-refractivity contribution is 7.86. The molecule has 1 atom stereocenters. The number of hydrogen-bond donors (Lipinski definition) is 1. The minimum absolute atomic E-state index is 0.205. The van der Waals surface area contributed by atoms with Crippen LogP contribution in [-0.4, -0.2) is 39.9 Å². The van der Waals surface area contributed by atoms with Gasteiger partial charge in [-0.3, -0.25) is 4.18 Å². The standard InChI is InChI=1S/C26H45NO5S/c1-4-6-7-8-9-10-11-13-16-25(32-33(3,29)30)17-14-12-15-22-27-24-20-18-23(19-21-24)26(28)31-5-2/h18-21,25,27H,4-17,22H2,1-3H3. The second-order valence-corrected chi connectivity index (χ2v) is 10.4. The van der Waals surface area contributed by atoms with Gasteiger partial charge in [0.05, 0.1) is 24.5 Å². The second-order valence-electron chi connectivity index (χ2n) is 8.76. The molecule has 7 heteroatoms. The molecule has 0 amide bonds. The molecule has 190 valence electrons. The van der Waals surface area contributed by atoms with Crippen LogP contribution in [0.3, 0.4) is 0 Å². The molecule has 0 radical (unpaired) electrons. The van der Waals surface area contributed by atoms with E-state index in [-0.39, 0.29) is 12.1 Å². The van der Waals surface area contributed by atoms with Gasteiger partial charge >= 0.3 is 5.97 Å². The number of nitrogens with one attached hydrogen (secondary N) is 1. The van der Waals surface area contributed by atoms with Gasteiger partial charge in [0.15, 0.2) is 0 Å². The number of rotatable bonds is 20. The lowest BCUT2D eigenvalue weighted by atomic mass is 10.0. The minimum atomic E-state index is -3.42. The van der Waals surface area contributed by atoms with Gasteiger partial charge in [0.1, 0.15) is 0 Å². The summed E-state index contributed by atoms with van der Waals surface area (Å²) < 4.78 is 33.6. The Bertz CT molecular complexity index is 734. The summed E-state index contributed by atoms with van der Waals surface area (Å²) in [6.45, 7) is 5.22. The highest BCUT2D eigenvalue weighted by Crippen LogP contribution is 2.18. The topological polar surface area (TPSA) is 81.7 Å². The smallest absolute Gasteiger partial charge is 0.338 e. The van der Waals surface area contributed by atoms with E-state index in [1.165, 1.54) is 38.5 Å². The van der Waals surface area contributed by atoms with Crippen LogP contribution in [0, 0.1) is 0 Å². The van der Waals surface area contributed by atoms with Crippen LogP contribution < -0.4 is 5.32 Å². The van der Waals surface area contributed by atoms with Gasteiger partial charge in [0, 0.05) is 12.2 Å². The Hall–Kier alpha value is -1.60. The fourth-order valence-electron chi connectivity index (χ4n) is 3.84. The largest absolute Gasteiger partial charge is 0.462 e. The molecular weight excluding hydrogens is 438 g/mol. The molecule has 0 bridgehead atoms. The molecule has 1 unspecified atom stereocenters. The Balaban J connectivity index is 2.22. The lowest BCUT2D eigenvalue weighted by Crippen LogP contribution is -2.17. The van der Waals surface area contributed by atoms with Gasteiger partial charge in [-0.25, -0.2) is 4.79 Å². The lowest BCUT2D eigenvalue weighted by Gasteiger charge is -2.16. The quantitative estimate of drug-likeness (QED) is 0.126. The number of carbonyl (C=O) groups is 1. The molecule has 0 fully saturated rings. The number of ether oxygens (including phenoxy) is 1. The van der Waals surface area contributed by atoms with Gasteiger partial charge in [0.25, 0.3) is 10.1 Å². The van der Waals surface area contributed by atoms with E-state index in [9.17, 15) is 13.2 Å². The van der Waals surface area contributed by atoms with Gasteiger partial charge in [-0.1, -0.05) is 71.1 Å². The molecule has 1 aromatic rings. The fraction of sp³-hybridized carbons (Fsp3) is 0.731. The van der Waals surface area contributed by atoms with Gasteiger partial charge in [-0.15, -0.1) is 0 Å². The third-order valence-corrected chi connectivity index (χ3v) is 6.24. The number of benzene rings is 1. The van der Waals surface area contributed by atoms with Crippen LogP contribution in [-0.2, 0) is 19.0 Å². The molecule has 0 aliphatic rings. The van der Waals surface area contributed by atoms with Crippen molar-refractivity contribution in [2.24, 2.45) is 0 Å². The average molecular weight is 484 g/mol. The molecule has 0 aromatic heterocycles. The first-order valence-electron chi connectivity index (χ1n) is 12.7. The van der Waals surface area contributed by atoms with Crippen molar-refractivity contribution < 1.29 is 22.1 Å². The predicted molar refractivity (Wildman–Crippen MR) is 136 cm³/mol. The molecule has 1 N–H and O–H groups in total. The summed E-state index contributed by atoms with van der Waals surface area (Å²) >= 11 is 0. The highest BCUT2D eigenvalue weighted by atomic mass is 32.2. The van der Waals surface area contributed by atoms with E-state index in [1.54, 1.807) is 19.1 Å². The molecule has 0 heterocycles. The Morgan fingerprint density at radius 3 is 1.94 bits per heavy atom. The van der Waals surface area contributed by atoms with Crippen LogP contribution in [0.1, 0.15) is 108 Å². The number of carbonyl (C=O) groups excluding carboxylic acids is 1. The molecule has 1 rings (SSSR count). The van der Waals surface area contributed by atoms with Crippen LogP contribution in [0.15, 0.2) is 24.3 Å². The Labute approximate surface area is 202 Å². The van der Waals surface area contributed by atoms with Crippen LogP contribution in [0.4, 0.5) is 5.69 Å². The second kappa shape index (κ2) is 17.8. The lowest BCUT2D eigenvalue weighted by molar-refractivity contribution is 0.0526. The molecule has 0 saturated heterocycles. The molecule has 0 saturated carbocycles. The van der Waals surface area contributed by atoms with Crippen molar-refractivity contribution in [3.63, 3.8) is 0 Å². The van der Waals surface area contributed by atoms with Gasteiger partial charge in [0.2, 0.25) is 0 Å². The fourth-order valence-corrected chi connectivity index (χ4v) is 4.53. The molecule has 0 aliphatic carbocycles. The van der Waals surface area contributed by atoms with Crippen LogP contribution >= 0.6 is 0 Å². The number of hydrogen-bond acceptors (Lipinski definition) is 6. The SMILES string of the molecule is CCCCCCCCCCC(CCCCCNc1ccc(C(=O)OCC)cc1)OS(C)(=O)=O. The van der Waals surface area contributed by atoms with Crippen molar-refractivity contribution in [2.45, 2.75) is 103 Å². The first-order valence-corrected chi connectivity index (χ1v) is 14.6. The highest BCUT2D eigenvalue weighted by Gasteiger charge is 2.15. The first kappa shape index (κ1) is 29.4. The van der Waals surface area contributed by atoms with Crippen LogP contribution in [0.25, 0.3) is 0 Å². The van der Waals surface area contributed by atoms with E-state index < -0.39 is 10.1 Å². The van der Waals surface area contributed by atoms with E-state index in [2.05, 4.69) is 12.2 Å². The van der Waals surface area contributed by atoms with Crippen molar-refractivity contribution in [1.29, 1.82) is 0 Å². The van der Waals surface area contributed by atoms with E-state index in [0.717, 1.165) is 63.4 Å². The van der Waals surface area contributed by atoms with E-state index in [1.807, 2.05) is 12.1 Å². The minimum Gasteiger partial charge on any atom is -0.462 e. The number of anilines is 1. The zero-order valence-electron chi connectivity index (χ0n) is 20.9. The third-order valence-electron chi connectivity index (χ3n) is 5.62. The third kappa shape index (κ3) is 15.8. The van der Waals surface area contributed by atoms with Crippen molar-refractivity contribution in [3.05, 3.63) is 29.8 Å². The summed E-state index contributed by atoms with van der Waals surface area (Å²) in [4.78, 5) is 11.7. The van der Waals surface area contributed by atoms with Crippen molar-refractivity contribution >= 4 is 21.8 Å². The maximum absolute atomic E-state index is 11.7. The summed E-state index contributed by atoms with van der Waals surface area (Å²) in [5, 5.41) is 3.36. The maximum Gasteiger partial charge on any atom is 0.338 e. The van der Waals surface area contributed by atoms with Gasteiger partial charge < -0.3 is 10.1 Å². The van der Waals surface area contributed by atoms with Gasteiger partial charge in [-0.05, 0) is 50.5 Å². The molecule has 1 aromatic carbocycles. The summed E-state index contributed by atoms with van der Waals surface area (Å²) in [6, 6.07) is 7.29. The monoisotopic (exact) mass is 483 g/mol. The normalized spacial score (nSPS) is 12.5. The van der Waals surface area contributed by atoms with Gasteiger partial charge in [-0.2, -0.15) is 8.42 Å². The molecular formula is C26H45NO5S. The summed E-state index contributed by atoms with van der Waals surface area (Å²) in [7, 11) is -3.42. The van der Waals surface area contributed by atoms with Crippen molar-refractivity contribution in [1.82, 2.24) is 0 Å². The maximum atomic E-state index is 11.7. The van der Waals surface area contributed by atoms with Crippen LogP contribution in [0.2, 0.25) is 0 Å². The first-order chi connectivity index (χ1) is 15.9. The number of unbranched alkanes of at least 4 members (excludes halogenated alkanes) is 9. The number of esters is 1. The molecule has 0 spiro atoms. The predicted octanol–water partition coefficient (Wildman–Crippen LogP) is 6.71. The zero-order chi connectivity index (χ0) is 24.4. The zero-order valence-corrected chi connectivity index (χ0v) is 21.8. The molecule has 33 heavy (non-hydrogen) atoms.